The maximum absolute atomic E-state index is 5.77. The van der Waals surface area contributed by atoms with Gasteiger partial charge in [-0.25, -0.2) is 4.99 Å². The molecule has 0 aliphatic carbocycles. The molecule has 5 nitrogen and oxygen atoms in total. The largest absolute Gasteiger partial charge is 0.486 e. The average Bonchev–Trinajstić information content (AvgIpc) is 2.27. The van der Waals surface area contributed by atoms with Crippen molar-refractivity contribution in [2.45, 2.75) is 13.0 Å². The van der Waals surface area contributed by atoms with Gasteiger partial charge < -0.3 is 20.9 Å². The molecule has 0 bridgehead atoms. The summed E-state index contributed by atoms with van der Waals surface area (Å²) in [7, 11) is 0. The highest BCUT2D eigenvalue weighted by Gasteiger charge is 2.21. The van der Waals surface area contributed by atoms with Crippen molar-refractivity contribution in [1.29, 1.82) is 0 Å². The summed E-state index contributed by atoms with van der Waals surface area (Å²) in [5.74, 6) is 1.63. The van der Waals surface area contributed by atoms with Crippen LogP contribution in [0.2, 0.25) is 0 Å². The van der Waals surface area contributed by atoms with E-state index in [-0.39, 0.29) is 12.1 Å². The highest BCUT2D eigenvalue weighted by Crippen LogP contribution is 2.34. The number of aryl methyl sites for hydroxylation is 1. The second-order valence-corrected chi connectivity index (χ2v) is 3.72. The number of rotatable bonds is 2. The third-order valence-electron chi connectivity index (χ3n) is 2.36. The molecule has 1 aliphatic heterocycles. The number of nitrogens with zero attached hydrogens (tertiary/aromatic N) is 1. The molecule has 4 N–H and O–H groups in total. The summed E-state index contributed by atoms with van der Waals surface area (Å²) >= 11 is 0. The van der Waals surface area contributed by atoms with Gasteiger partial charge in [0.15, 0.2) is 23.6 Å². The minimum Gasteiger partial charge on any atom is -0.486 e. The van der Waals surface area contributed by atoms with Crippen LogP contribution in [0.1, 0.15) is 5.56 Å². The quantitative estimate of drug-likeness (QED) is 0.559. The van der Waals surface area contributed by atoms with E-state index in [0.717, 1.165) is 17.1 Å². The van der Waals surface area contributed by atoms with Crippen LogP contribution in [0.5, 0.6) is 11.5 Å². The lowest BCUT2D eigenvalue weighted by atomic mass is 10.2. The van der Waals surface area contributed by atoms with Crippen molar-refractivity contribution in [2.75, 3.05) is 13.2 Å². The number of hydrogen-bond acceptors (Lipinski definition) is 3. The number of ether oxygens (including phenoxy) is 2. The third kappa shape index (κ3) is 2.18. The zero-order chi connectivity index (χ0) is 11.5. The minimum atomic E-state index is -0.129. The van der Waals surface area contributed by atoms with E-state index in [9.17, 15) is 0 Å². The first kappa shape index (κ1) is 10.6. The highest BCUT2D eigenvalue weighted by atomic mass is 16.6. The molecule has 1 unspecified atom stereocenters. The van der Waals surface area contributed by atoms with Crippen molar-refractivity contribution in [3.8, 4) is 11.5 Å². The maximum Gasteiger partial charge on any atom is 0.186 e. The first-order chi connectivity index (χ1) is 7.66. The summed E-state index contributed by atoms with van der Waals surface area (Å²) in [6.45, 7) is 2.86. The standard InChI is InChI=1S/C11H15N3O2/c1-7-3-2-4-9-10(7)16-8(6-15-9)5-14-11(12)13/h2-4,8H,5-6H2,1H3,(H4,12,13,14). The molecule has 1 aromatic carbocycles. The molecule has 1 aromatic rings. The van der Waals surface area contributed by atoms with Gasteiger partial charge in [-0.3, -0.25) is 0 Å². The van der Waals surface area contributed by atoms with E-state index in [1.165, 1.54) is 0 Å². The van der Waals surface area contributed by atoms with Crippen LogP contribution in [-0.2, 0) is 0 Å². The maximum atomic E-state index is 5.77. The van der Waals surface area contributed by atoms with Gasteiger partial charge in [0.25, 0.3) is 0 Å². The Morgan fingerprint density at radius 1 is 1.50 bits per heavy atom. The van der Waals surface area contributed by atoms with Crippen LogP contribution in [0.3, 0.4) is 0 Å². The number of guanidine groups is 1. The van der Waals surface area contributed by atoms with E-state index >= 15 is 0 Å². The van der Waals surface area contributed by atoms with Crippen molar-refractivity contribution in [2.24, 2.45) is 16.5 Å². The minimum absolute atomic E-state index is 0.0687. The number of nitrogens with two attached hydrogens (primary N) is 2. The van der Waals surface area contributed by atoms with Crippen molar-refractivity contribution in [3.63, 3.8) is 0 Å². The molecule has 0 saturated heterocycles. The van der Waals surface area contributed by atoms with Gasteiger partial charge in [0, 0.05) is 0 Å². The molecular weight excluding hydrogens is 206 g/mol. The molecule has 1 heterocycles. The summed E-state index contributed by atoms with van der Waals surface area (Å²) in [4.78, 5) is 3.92. The highest BCUT2D eigenvalue weighted by molar-refractivity contribution is 5.75. The summed E-state index contributed by atoms with van der Waals surface area (Å²) in [6, 6.07) is 5.80. The molecule has 0 aromatic heterocycles. The molecule has 0 spiro atoms. The molecule has 0 radical (unpaired) electrons. The van der Waals surface area contributed by atoms with Gasteiger partial charge in [0.1, 0.15) is 6.61 Å². The van der Waals surface area contributed by atoms with Gasteiger partial charge >= 0.3 is 0 Å². The first-order valence-corrected chi connectivity index (χ1v) is 5.11. The van der Waals surface area contributed by atoms with E-state index in [1.54, 1.807) is 0 Å². The van der Waals surface area contributed by atoms with Gasteiger partial charge in [-0.15, -0.1) is 0 Å². The Labute approximate surface area is 94.1 Å². The topological polar surface area (TPSA) is 82.9 Å². The Kier molecular flexibility index (Phi) is 2.85. The molecule has 16 heavy (non-hydrogen) atoms. The molecule has 0 saturated carbocycles. The predicted molar refractivity (Wildman–Crippen MR) is 61.8 cm³/mol. The monoisotopic (exact) mass is 221 g/mol. The summed E-state index contributed by atoms with van der Waals surface area (Å²) in [6.07, 6.45) is -0.129. The lowest BCUT2D eigenvalue weighted by Crippen LogP contribution is -2.34. The van der Waals surface area contributed by atoms with Crippen LogP contribution in [0, 0.1) is 6.92 Å². The Bertz CT molecular complexity index is 414. The Hall–Kier alpha value is -1.91. The second kappa shape index (κ2) is 4.30. The SMILES string of the molecule is Cc1cccc2c1OC(CN=C(N)N)CO2. The van der Waals surface area contributed by atoms with Gasteiger partial charge in [-0.2, -0.15) is 0 Å². The normalized spacial score (nSPS) is 17.9. The Morgan fingerprint density at radius 3 is 3.06 bits per heavy atom. The molecular formula is C11H15N3O2. The van der Waals surface area contributed by atoms with Gasteiger partial charge in [0.2, 0.25) is 0 Å². The number of fused-ring (bicyclic) bond motifs is 1. The Balaban J connectivity index is 2.11. The number of benzene rings is 1. The molecule has 0 fully saturated rings. The van der Waals surface area contributed by atoms with Gasteiger partial charge in [-0.1, -0.05) is 12.1 Å². The fourth-order valence-electron chi connectivity index (χ4n) is 1.57. The van der Waals surface area contributed by atoms with Crippen LogP contribution < -0.4 is 20.9 Å². The summed E-state index contributed by atoms with van der Waals surface area (Å²) in [5, 5.41) is 0. The van der Waals surface area contributed by atoms with Crippen molar-refractivity contribution < 1.29 is 9.47 Å². The lowest BCUT2D eigenvalue weighted by molar-refractivity contribution is 0.0963. The molecule has 5 heteroatoms. The fourth-order valence-corrected chi connectivity index (χ4v) is 1.57. The molecule has 1 atom stereocenters. The van der Waals surface area contributed by atoms with Gasteiger partial charge in [0.05, 0.1) is 6.54 Å². The van der Waals surface area contributed by atoms with Crippen LogP contribution in [0.15, 0.2) is 23.2 Å². The fraction of sp³-hybridized carbons (Fsp3) is 0.364. The number of aliphatic imine (C=N–C) groups is 1. The predicted octanol–water partition coefficient (Wildman–Crippen LogP) is 0.408. The molecule has 1 aliphatic rings. The zero-order valence-corrected chi connectivity index (χ0v) is 9.14. The van der Waals surface area contributed by atoms with Gasteiger partial charge in [-0.05, 0) is 18.6 Å². The van der Waals surface area contributed by atoms with E-state index in [2.05, 4.69) is 4.99 Å². The smallest absolute Gasteiger partial charge is 0.186 e. The van der Waals surface area contributed by atoms with Crippen LogP contribution >= 0.6 is 0 Å². The van der Waals surface area contributed by atoms with Crippen LogP contribution in [0.4, 0.5) is 0 Å². The molecule has 86 valence electrons. The summed E-state index contributed by atoms with van der Waals surface area (Å²) in [5.41, 5.74) is 11.6. The van der Waals surface area contributed by atoms with Crippen LogP contribution in [0.25, 0.3) is 0 Å². The Morgan fingerprint density at radius 2 is 2.31 bits per heavy atom. The third-order valence-corrected chi connectivity index (χ3v) is 2.36. The first-order valence-electron chi connectivity index (χ1n) is 5.11. The average molecular weight is 221 g/mol. The van der Waals surface area contributed by atoms with Crippen molar-refractivity contribution >= 4 is 5.96 Å². The van der Waals surface area contributed by atoms with E-state index < -0.39 is 0 Å². The second-order valence-electron chi connectivity index (χ2n) is 3.72. The molecule has 0 amide bonds. The van der Waals surface area contributed by atoms with Crippen molar-refractivity contribution in [3.05, 3.63) is 23.8 Å². The number of para-hydroxylation sites is 1. The summed E-state index contributed by atoms with van der Waals surface area (Å²) < 4.78 is 11.3. The molecule has 2 rings (SSSR count). The van der Waals surface area contributed by atoms with E-state index in [1.807, 2.05) is 25.1 Å². The lowest BCUT2D eigenvalue weighted by Gasteiger charge is -2.26. The zero-order valence-electron chi connectivity index (χ0n) is 9.14. The van der Waals surface area contributed by atoms with Crippen LogP contribution in [-0.4, -0.2) is 25.2 Å². The van der Waals surface area contributed by atoms with Crippen molar-refractivity contribution in [1.82, 2.24) is 0 Å². The van der Waals surface area contributed by atoms with E-state index in [0.29, 0.717) is 13.2 Å². The number of hydrogen-bond donors (Lipinski definition) is 2. The van der Waals surface area contributed by atoms with E-state index in [4.69, 9.17) is 20.9 Å².